The number of halogens is 2. The van der Waals surface area contributed by atoms with Gasteiger partial charge in [0, 0.05) is 22.6 Å². The number of ether oxygens (including phenoxy) is 1. The van der Waals surface area contributed by atoms with Gasteiger partial charge in [0.2, 0.25) is 0 Å². The topological polar surface area (TPSA) is 21.3 Å². The third kappa shape index (κ3) is 4.22. The quantitative estimate of drug-likeness (QED) is 0.742. The van der Waals surface area contributed by atoms with Crippen LogP contribution in [0.25, 0.3) is 0 Å². The van der Waals surface area contributed by atoms with Crippen molar-refractivity contribution < 1.29 is 4.74 Å². The average Bonchev–Trinajstić information content (AvgIpc) is 2.51. The van der Waals surface area contributed by atoms with Gasteiger partial charge in [-0.15, -0.1) is 0 Å². The molecule has 1 atom stereocenters. The summed E-state index contributed by atoms with van der Waals surface area (Å²) in [5, 5.41) is 4.31. The van der Waals surface area contributed by atoms with Crippen LogP contribution in [-0.4, -0.2) is 7.11 Å². The lowest BCUT2D eigenvalue weighted by Gasteiger charge is -2.20. The number of methoxy groups -OCH3 is 1. The molecule has 0 heterocycles. The zero-order chi connectivity index (χ0) is 15.2. The zero-order valence-corrected chi connectivity index (χ0v) is 14.5. The number of rotatable bonds is 6. The third-order valence-electron chi connectivity index (χ3n) is 3.46. The minimum absolute atomic E-state index is 0.260. The van der Waals surface area contributed by atoms with Crippen LogP contribution in [0.4, 0.5) is 0 Å². The predicted molar refractivity (Wildman–Crippen MR) is 92.0 cm³/mol. The summed E-state index contributed by atoms with van der Waals surface area (Å²) >= 11 is 9.48. The first-order chi connectivity index (χ1) is 10.2. The fraction of sp³-hybridized carbons (Fsp3) is 0.294. The minimum atomic E-state index is 0.260. The first-order valence-electron chi connectivity index (χ1n) is 6.96. The summed E-state index contributed by atoms with van der Waals surface area (Å²) in [4.78, 5) is 0. The standard InChI is InChI=1S/C17H19BrClNO/c1-3-16(13-6-4-5-7-17(13)21-2)20-11-12-8-9-15(19)14(18)10-12/h4-10,16,20H,3,11H2,1-2H3. The molecule has 4 heteroatoms. The lowest BCUT2D eigenvalue weighted by Crippen LogP contribution is -2.20. The minimum Gasteiger partial charge on any atom is -0.496 e. The maximum atomic E-state index is 6.02. The van der Waals surface area contributed by atoms with Gasteiger partial charge >= 0.3 is 0 Å². The van der Waals surface area contributed by atoms with E-state index in [1.54, 1.807) is 7.11 Å². The van der Waals surface area contributed by atoms with Crippen LogP contribution in [0.5, 0.6) is 5.75 Å². The molecule has 0 aliphatic heterocycles. The molecule has 0 fully saturated rings. The van der Waals surface area contributed by atoms with Crippen molar-refractivity contribution in [3.05, 3.63) is 63.1 Å². The molecular weight excluding hydrogens is 350 g/mol. The Balaban J connectivity index is 2.10. The molecule has 2 aromatic rings. The van der Waals surface area contributed by atoms with Gasteiger partial charge in [-0.05, 0) is 46.1 Å². The highest BCUT2D eigenvalue weighted by atomic mass is 79.9. The van der Waals surface area contributed by atoms with Crippen molar-refractivity contribution in [1.29, 1.82) is 0 Å². The Morgan fingerprint density at radius 2 is 2.00 bits per heavy atom. The van der Waals surface area contributed by atoms with E-state index in [9.17, 15) is 0 Å². The van der Waals surface area contributed by atoms with Crippen molar-refractivity contribution in [1.82, 2.24) is 5.32 Å². The summed E-state index contributed by atoms with van der Waals surface area (Å²) < 4.78 is 6.37. The van der Waals surface area contributed by atoms with Crippen molar-refractivity contribution in [2.24, 2.45) is 0 Å². The second-order valence-corrected chi connectivity index (χ2v) is 6.09. The molecule has 0 radical (unpaired) electrons. The van der Waals surface area contributed by atoms with Gasteiger partial charge in [0.05, 0.1) is 12.1 Å². The molecule has 0 saturated carbocycles. The Morgan fingerprint density at radius 1 is 1.24 bits per heavy atom. The van der Waals surface area contributed by atoms with Crippen molar-refractivity contribution in [3.8, 4) is 5.75 Å². The van der Waals surface area contributed by atoms with Crippen LogP contribution in [0.15, 0.2) is 46.9 Å². The van der Waals surface area contributed by atoms with Gasteiger partial charge in [-0.3, -0.25) is 0 Å². The number of nitrogens with one attached hydrogen (secondary N) is 1. The molecule has 2 aromatic carbocycles. The lowest BCUT2D eigenvalue weighted by atomic mass is 10.0. The summed E-state index contributed by atoms with van der Waals surface area (Å²) in [6.07, 6.45) is 0.995. The van der Waals surface area contributed by atoms with Crippen LogP contribution < -0.4 is 10.1 Å². The largest absolute Gasteiger partial charge is 0.496 e. The molecule has 0 bridgehead atoms. The van der Waals surface area contributed by atoms with E-state index in [1.165, 1.54) is 11.1 Å². The van der Waals surface area contributed by atoms with Gasteiger partial charge in [0.25, 0.3) is 0 Å². The molecule has 0 aliphatic rings. The van der Waals surface area contributed by atoms with Gasteiger partial charge in [-0.2, -0.15) is 0 Å². The lowest BCUT2D eigenvalue weighted by molar-refractivity contribution is 0.396. The van der Waals surface area contributed by atoms with Crippen LogP contribution in [0.1, 0.15) is 30.5 Å². The first-order valence-corrected chi connectivity index (χ1v) is 8.13. The molecule has 2 rings (SSSR count). The Kier molecular flexibility index (Phi) is 6.09. The van der Waals surface area contributed by atoms with E-state index in [-0.39, 0.29) is 6.04 Å². The van der Waals surface area contributed by atoms with Crippen LogP contribution in [-0.2, 0) is 6.54 Å². The summed E-state index contributed by atoms with van der Waals surface area (Å²) in [7, 11) is 1.71. The summed E-state index contributed by atoms with van der Waals surface area (Å²) in [6, 6.07) is 14.4. The highest BCUT2D eigenvalue weighted by Crippen LogP contribution is 2.28. The molecule has 1 unspecified atom stereocenters. The van der Waals surface area contributed by atoms with Crippen molar-refractivity contribution in [2.75, 3.05) is 7.11 Å². The van der Waals surface area contributed by atoms with Crippen molar-refractivity contribution in [3.63, 3.8) is 0 Å². The fourth-order valence-electron chi connectivity index (χ4n) is 2.32. The maximum Gasteiger partial charge on any atom is 0.123 e. The molecule has 0 aromatic heterocycles. The van der Waals surface area contributed by atoms with Gasteiger partial charge in [-0.1, -0.05) is 42.8 Å². The predicted octanol–water partition coefficient (Wildman–Crippen LogP) is 5.35. The van der Waals surface area contributed by atoms with E-state index in [0.717, 1.165) is 28.2 Å². The summed E-state index contributed by atoms with van der Waals surface area (Å²) in [6.45, 7) is 2.95. The SMILES string of the molecule is CCC(NCc1ccc(Cl)c(Br)c1)c1ccccc1OC. The highest BCUT2D eigenvalue weighted by molar-refractivity contribution is 9.10. The van der Waals surface area contributed by atoms with Crippen molar-refractivity contribution in [2.45, 2.75) is 25.9 Å². The Morgan fingerprint density at radius 3 is 2.67 bits per heavy atom. The Labute approximate surface area is 139 Å². The van der Waals surface area contributed by atoms with Crippen molar-refractivity contribution >= 4 is 27.5 Å². The van der Waals surface area contributed by atoms with E-state index in [2.05, 4.69) is 34.2 Å². The van der Waals surface area contributed by atoms with Gasteiger partial charge in [0.1, 0.15) is 5.75 Å². The second kappa shape index (κ2) is 7.83. The number of hydrogen-bond donors (Lipinski definition) is 1. The van der Waals surface area contributed by atoms with Gasteiger partial charge < -0.3 is 10.1 Å². The second-order valence-electron chi connectivity index (χ2n) is 4.83. The third-order valence-corrected chi connectivity index (χ3v) is 4.67. The Bertz CT molecular complexity index is 603. The van der Waals surface area contributed by atoms with Crippen LogP contribution >= 0.6 is 27.5 Å². The maximum absolute atomic E-state index is 6.02. The van der Waals surface area contributed by atoms with E-state index in [0.29, 0.717) is 0 Å². The number of para-hydroxylation sites is 1. The van der Waals surface area contributed by atoms with Crippen LogP contribution in [0.3, 0.4) is 0 Å². The van der Waals surface area contributed by atoms with E-state index < -0.39 is 0 Å². The van der Waals surface area contributed by atoms with Crippen LogP contribution in [0.2, 0.25) is 5.02 Å². The molecule has 0 spiro atoms. The fourth-order valence-corrected chi connectivity index (χ4v) is 2.86. The smallest absolute Gasteiger partial charge is 0.123 e. The van der Waals surface area contributed by atoms with E-state index >= 15 is 0 Å². The molecule has 21 heavy (non-hydrogen) atoms. The normalized spacial score (nSPS) is 12.2. The average molecular weight is 369 g/mol. The molecule has 1 N–H and O–H groups in total. The number of benzene rings is 2. The molecule has 112 valence electrons. The monoisotopic (exact) mass is 367 g/mol. The summed E-state index contributed by atoms with van der Waals surface area (Å²) in [5.74, 6) is 0.925. The molecule has 0 saturated heterocycles. The van der Waals surface area contributed by atoms with E-state index in [4.69, 9.17) is 16.3 Å². The molecule has 0 aliphatic carbocycles. The summed E-state index contributed by atoms with van der Waals surface area (Å²) in [5.41, 5.74) is 2.38. The molecule has 2 nitrogen and oxygen atoms in total. The van der Waals surface area contributed by atoms with Gasteiger partial charge in [0.15, 0.2) is 0 Å². The van der Waals surface area contributed by atoms with Crippen LogP contribution in [0, 0.1) is 0 Å². The molecular formula is C17H19BrClNO. The van der Waals surface area contributed by atoms with Gasteiger partial charge in [-0.25, -0.2) is 0 Å². The highest BCUT2D eigenvalue weighted by Gasteiger charge is 2.13. The number of hydrogen-bond acceptors (Lipinski definition) is 2. The molecule has 0 amide bonds. The first kappa shape index (κ1) is 16.3. The Hall–Kier alpha value is -1.03. The zero-order valence-electron chi connectivity index (χ0n) is 12.2. The van der Waals surface area contributed by atoms with E-state index in [1.807, 2.05) is 36.4 Å².